The molecule has 0 bridgehead atoms. The van der Waals surface area contributed by atoms with Crippen LogP contribution in [0.4, 0.5) is 0 Å². The third-order valence-electron chi connectivity index (χ3n) is 2.74. The van der Waals surface area contributed by atoms with E-state index in [9.17, 15) is 4.79 Å². The molecule has 0 saturated heterocycles. The molecule has 4 nitrogen and oxygen atoms in total. The lowest BCUT2D eigenvalue weighted by Gasteiger charge is -2.05. The van der Waals surface area contributed by atoms with Crippen LogP contribution in [0.3, 0.4) is 0 Å². The van der Waals surface area contributed by atoms with Crippen molar-refractivity contribution in [3.8, 4) is 0 Å². The zero-order valence-electron chi connectivity index (χ0n) is 10.7. The predicted molar refractivity (Wildman–Crippen MR) is 71.9 cm³/mol. The minimum absolute atomic E-state index is 0.175. The Kier molecular flexibility index (Phi) is 5.33. The lowest BCUT2D eigenvalue weighted by molar-refractivity contribution is -0.118. The van der Waals surface area contributed by atoms with Gasteiger partial charge in [-0.05, 0) is 42.6 Å². The van der Waals surface area contributed by atoms with Gasteiger partial charge in [-0.15, -0.1) is 0 Å². The number of aryl methyl sites for hydroxylation is 2. The zero-order valence-corrected chi connectivity index (χ0v) is 12.2. The quantitative estimate of drug-likeness (QED) is 0.875. The van der Waals surface area contributed by atoms with Crippen molar-refractivity contribution in [2.75, 3.05) is 0 Å². The Bertz CT molecular complexity index is 399. The number of ketones is 1. The second-order valence-electron chi connectivity index (χ2n) is 4.55. The number of rotatable bonds is 6. The fourth-order valence-corrected chi connectivity index (χ4v) is 2.24. The molecule has 5 heteroatoms. The summed E-state index contributed by atoms with van der Waals surface area (Å²) in [5.41, 5.74) is 7.52. The maximum atomic E-state index is 11.8. The minimum Gasteiger partial charge on any atom is -0.328 e. The molecule has 96 valence electrons. The van der Waals surface area contributed by atoms with Crippen LogP contribution in [0, 0.1) is 6.92 Å². The number of carbonyl (C=O) groups is 1. The van der Waals surface area contributed by atoms with Gasteiger partial charge in [-0.3, -0.25) is 9.48 Å². The first kappa shape index (κ1) is 14.4. The van der Waals surface area contributed by atoms with Gasteiger partial charge in [0.2, 0.25) is 0 Å². The second-order valence-corrected chi connectivity index (χ2v) is 5.35. The van der Waals surface area contributed by atoms with Crippen LogP contribution in [-0.4, -0.2) is 21.6 Å². The van der Waals surface area contributed by atoms with Crippen LogP contribution in [-0.2, 0) is 18.3 Å². The molecular weight excluding hydrogens is 282 g/mol. The van der Waals surface area contributed by atoms with Gasteiger partial charge in [0, 0.05) is 25.9 Å². The fraction of sp³-hybridized carbons (Fsp3) is 0.667. The van der Waals surface area contributed by atoms with Crippen molar-refractivity contribution >= 4 is 21.7 Å². The van der Waals surface area contributed by atoms with Gasteiger partial charge in [0.15, 0.2) is 0 Å². The summed E-state index contributed by atoms with van der Waals surface area (Å²) < 4.78 is 2.71. The van der Waals surface area contributed by atoms with E-state index >= 15 is 0 Å². The summed E-state index contributed by atoms with van der Waals surface area (Å²) in [5.74, 6) is 0.245. The summed E-state index contributed by atoms with van der Waals surface area (Å²) >= 11 is 3.47. The largest absolute Gasteiger partial charge is 0.328 e. The topological polar surface area (TPSA) is 60.9 Å². The summed E-state index contributed by atoms with van der Waals surface area (Å²) in [5, 5.41) is 4.27. The van der Waals surface area contributed by atoms with Crippen LogP contribution in [0.15, 0.2) is 4.47 Å². The van der Waals surface area contributed by atoms with E-state index in [0.717, 1.165) is 28.7 Å². The summed E-state index contributed by atoms with van der Waals surface area (Å²) in [6.45, 7) is 3.89. The van der Waals surface area contributed by atoms with E-state index in [1.165, 1.54) is 0 Å². The fourth-order valence-electron chi connectivity index (χ4n) is 1.77. The summed E-state index contributed by atoms with van der Waals surface area (Å²) in [7, 11) is 1.86. The molecule has 0 radical (unpaired) electrons. The van der Waals surface area contributed by atoms with Gasteiger partial charge in [0.1, 0.15) is 5.78 Å². The standard InChI is InChI=1S/C12H20BrN3O/c1-8(14)5-4-6-10(17)7-11-12(13)9(2)15-16(11)3/h8H,4-7,14H2,1-3H3. The summed E-state index contributed by atoms with van der Waals surface area (Å²) in [4.78, 5) is 11.8. The van der Waals surface area contributed by atoms with Crippen LogP contribution in [0.25, 0.3) is 0 Å². The molecule has 1 aromatic heterocycles. The van der Waals surface area contributed by atoms with E-state index in [4.69, 9.17) is 5.73 Å². The Labute approximate surface area is 111 Å². The maximum absolute atomic E-state index is 11.8. The van der Waals surface area contributed by atoms with E-state index in [1.54, 1.807) is 4.68 Å². The van der Waals surface area contributed by atoms with Crippen molar-refractivity contribution in [3.63, 3.8) is 0 Å². The Morgan fingerprint density at radius 2 is 2.24 bits per heavy atom. The molecule has 0 aromatic carbocycles. The highest BCUT2D eigenvalue weighted by Gasteiger charge is 2.14. The molecule has 2 N–H and O–H groups in total. The molecule has 0 fully saturated rings. The van der Waals surface area contributed by atoms with Gasteiger partial charge in [-0.2, -0.15) is 5.10 Å². The maximum Gasteiger partial charge on any atom is 0.138 e. The van der Waals surface area contributed by atoms with Crippen LogP contribution in [0.1, 0.15) is 37.6 Å². The molecule has 0 aliphatic heterocycles. The average Bonchev–Trinajstić information content (AvgIpc) is 2.44. The first-order valence-electron chi connectivity index (χ1n) is 5.87. The molecule has 1 aromatic rings. The number of hydrogen-bond donors (Lipinski definition) is 1. The third kappa shape index (κ3) is 4.24. The van der Waals surface area contributed by atoms with Crippen molar-refractivity contribution in [1.29, 1.82) is 0 Å². The van der Waals surface area contributed by atoms with Crippen LogP contribution in [0.2, 0.25) is 0 Å². The van der Waals surface area contributed by atoms with E-state index in [2.05, 4.69) is 21.0 Å². The summed E-state index contributed by atoms with van der Waals surface area (Å²) in [6, 6.07) is 0.175. The van der Waals surface area contributed by atoms with Gasteiger partial charge in [0.05, 0.1) is 15.9 Å². The molecule has 0 amide bonds. The number of halogens is 1. The monoisotopic (exact) mass is 301 g/mol. The lowest BCUT2D eigenvalue weighted by atomic mass is 10.1. The number of nitrogens with two attached hydrogens (primary N) is 1. The van der Waals surface area contributed by atoms with E-state index < -0.39 is 0 Å². The SMILES string of the molecule is Cc1nn(C)c(CC(=O)CCCC(C)N)c1Br. The van der Waals surface area contributed by atoms with Gasteiger partial charge in [0.25, 0.3) is 0 Å². The van der Waals surface area contributed by atoms with Crippen LogP contribution in [0.5, 0.6) is 0 Å². The van der Waals surface area contributed by atoms with Crippen LogP contribution >= 0.6 is 15.9 Å². The molecule has 0 aliphatic rings. The first-order valence-corrected chi connectivity index (χ1v) is 6.66. The third-order valence-corrected chi connectivity index (χ3v) is 3.77. The molecule has 0 saturated carbocycles. The zero-order chi connectivity index (χ0) is 13.0. The van der Waals surface area contributed by atoms with Gasteiger partial charge in [-0.25, -0.2) is 0 Å². The Balaban J connectivity index is 2.51. The smallest absolute Gasteiger partial charge is 0.138 e. The Hall–Kier alpha value is -0.680. The van der Waals surface area contributed by atoms with Gasteiger partial charge >= 0.3 is 0 Å². The molecule has 0 spiro atoms. The highest BCUT2D eigenvalue weighted by molar-refractivity contribution is 9.10. The Morgan fingerprint density at radius 3 is 2.71 bits per heavy atom. The normalized spacial score (nSPS) is 12.8. The number of hydrogen-bond acceptors (Lipinski definition) is 3. The lowest BCUT2D eigenvalue weighted by Crippen LogP contribution is -2.15. The summed E-state index contributed by atoms with van der Waals surface area (Å²) in [6.07, 6.45) is 2.80. The van der Waals surface area contributed by atoms with E-state index in [0.29, 0.717) is 12.8 Å². The van der Waals surface area contributed by atoms with Gasteiger partial charge < -0.3 is 5.73 Å². The molecule has 1 heterocycles. The molecule has 1 unspecified atom stereocenters. The Morgan fingerprint density at radius 1 is 1.59 bits per heavy atom. The minimum atomic E-state index is 0.175. The average molecular weight is 302 g/mol. The molecule has 1 rings (SSSR count). The van der Waals surface area contributed by atoms with Crippen molar-refractivity contribution in [2.24, 2.45) is 12.8 Å². The highest BCUT2D eigenvalue weighted by Crippen LogP contribution is 2.21. The van der Waals surface area contributed by atoms with Crippen molar-refractivity contribution in [3.05, 3.63) is 15.9 Å². The number of carbonyl (C=O) groups excluding carboxylic acids is 1. The highest BCUT2D eigenvalue weighted by atomic mass is 79.9. The van der Waals surface area contributed by atoms with Crippen molar-refractivity contribution in [1.82, 2.24) is 9.78 Å². The molecule has 0 aliphatic carbocycles. The van der Waals surface area contributed by atoms with Gasteiger partial charge in [-0.1, -0.05) is 0 Å². The van der Waals surface area contributed by atoms with Crippen LogP contribution < -0.4 is 5.73 Å². The number of Topliss-reactive ketones (excluding diaryl/α,β-unsaturated/α-hetero) is 1. The van der Waals surface area contributed by atoms with E-state index in [1.807, 2.05) is 20.9 Å². The number of aromatic nitrogens is 2. The molecular formula is C12H20BrN3O. The second kappa shape index (κ2) is 6.31. The molecule has 1 atom stereocenters. The number of nitrogens with zero attached hydrogens (tertiary/aromatic N) is 2. The first-order chi connectivity index (χ1) is 7.91. The van der Waals surface area contributed by atoms with E-state index in [-0.39, 0.29) is 11.8 Å². The van der Waals surface area contributed by atoms with Crippen molar-refractivity contribution < 1.29 is 4.79 Å². The van der Waals surface area contributed by atoms with Crippen molar-refractivity contribution in [2.45, 2.75) is 45.6 Å². The molecule has 17 heavy (non-hydrogen) atoms. The predicted octanol–water partition coefficient (Wildman–Crippen LogP) is 2.12.